The minimum atomic E-state index is -0.380. The zero-order valence-corrected chi connectivity index (χ0v) is 12.0. The maximum Gasteiger partial charge on any atom is 0.273 e. The van der Waals surface area contributed by atoms with Gasteiger partial charge in [0.15, 0.2) is 0 Å². The topological polar surface area (TPSA) is 80.3 Å². The second-order valence-corrected chi connectivity index (χ2v) is 4.71. The molecule has 0 spiro atoms. The molecule has 0 radical (unpaired) electrons. The summed E-state index contributed by atoms with van der Waals surface area (Å²) in [7, 11) is 0. The van der Waals surface area contributed by atoms with Gasteiger partial charge >= 0.3 is 0 Å². The molecule has 2 N–H and O–H groups in total. The average molecular weight is 289 g/mol. The van der Waals surface area contributed by atoms with Crippen LogP contribution in [0.1, 0.15) is 19.1 Å². The van der Waals surface area contributed by atoms with E-state index in [2.05, 4.69) is 10.6 Å². The number of nitro benzene ring substituents is 1. The molecular formula is C15H19N3O3. The Hall–Kier alpha value is -2.50. The zero-order valence-electron chi connectivity index (χ0n) is 12.0. The summed E-state index contributed by atoms with van der Waals surface area (Å²) in [6.45, 7) is 3.49. The number of benzene rings is 1. The van der Waals surface area contributed by atoms with Crippen molar-refractivity contribution in [2.45, 2.75) is 19.8 Å². The van der Waals surface area contributed by atoms with Crippen molar-refractivity contribution >= 4 is 17.1 Å². The number of rotatable bonds is 8. The number of hydrogen-bond donors (Lipinski definition) is 2. The van der Waals surface area contributed by atoms with Gasteiger partial charge in [-0.05, 0) is 24.6 Å². The van der Waals surface area contributed by atoms with E-state index in [0.717, 1.165) is 36.5 Å². The molecule has 0 bridgehead atoms. The molecule has 2 rings (SSSR count). The van der Waals surface area contributed by atoms with Gasteiger partial charge in [-0.3, -0.25) is 10.1 Å². The third-order valence-corrected chi connectivity index (χ3v) is 2.99. The first-order chi connectivity index (χ1) is 10.2. The van der Waals surface area contributed by atoms with Crippen molar-refractivity contribution in [2.24, 2.45) is 0 Å². The molecule has 6 nitrogen and oxygen atoms in total. The molecular weight excluding hydrogens is 270 g/mol. The molecule has 0 unspecified atom stereocenters. The van der Waals surface area contributed by atoms with Gasteiger partial charge in [-0.15, -0.1) is 0 Å². The summed E-state index contributed by atoms with van der Waals surface area (Å²) in [6.07, 6.45) is 3.33. The molecule has 0 fully saturated rings. The number of nitrogens with one attached hydrogen (secondary N) is 2. The highest BCUT2D eigenvalue weighted by molar-refractivity contribution is 5.63. The van der Waals surface area contributed by atoms with Gasteiger partial charge in [0.2, 0.25) is 0 Å². The van der Waals surface area contributed by atoms with Gasteiger partial charge in [-0.1, -0.05) is 6.92 Å². The molecule has 0 aliphatic rings. The monoisotopic (exact) mass is 289 g/mol. The van der Waals surface area contributed by atoms with Crippen LogP contribution in [0.2, 0.25) is 0 Å². The molecule has 21 heavy (non-hydrogen) atoms. The Morgan fingerprint density at radius 3 is 2.48 bits per heavy atom. The van der Waals surface area contributed by atoms with E-state index in [1.807, 2.05) is 25.1 Å². The number of non-ortho nitro benzene ring substituents is 1. The first-order valence-corrected chi connectivity index (χ1v) is 6.98. The standard InChI is InChI=1S/C15H19N3O3/c1-2-6-16-12-9-13(11-14(10-12)18(19)20)17-7-5-15-4-3-8-21-15/h3-4,8-11,16-17H,2,5-7H2,1H3. The maximum atomic E-state index is 11.0. The second kappa shape index (κ2) is 7.33. The Balaban J connectivity index is 2.02. The van der Waals surface area contributed by atoms with E-state index in [4.69, 9.17) is 4.42 Å². The number of anilines is 2. The molecule has 0 atom stereocenters. The molecule has 6 heteroatoms. The molecule has 0 amide bonds. The highest BCUT2D eigenvalue weighted by Gasteiger charge is 2.09. The predicted molar refractivity (Wildman–Crippen MR) is 82.8 cm³/mol. The first kappa shape index (κ1) is 14.9. The lowest BCUT2D eigenvalue weighted by atomic mass is 10.2. The van der Waals surface area contributed by atoms with Gasteiger partial charge in [0.1, 0.15) is 5.76 Å². The van der Waals surface area contributed by atoms with E-state index in [0.29, 0.717) is 6.54 Å². The highest BCUT2D eigenvalue weighted by Crippen LogP contribution is 2.24. The summed E-state index contributed by atoms with van der Waals surface area (Å²) in [6, 6.07) is 8.72. The van der Waals surface area contributed by atoms with E-state index in [1.165, 1.54) is 0 Å². The summed E-state index contributed by atoms with van der Waals surface area (Å²) in [5.74, 6) is 0.886. The summed E-state index contributed by atoms with van der Waals surface area (Å²) in [5.41, 5.74) is 1.57. The van der Waals surface area contributed by atoms with Crippen LogP contribution in [0.25, 0.3) is 0 Å². The van der Waals surface area contributed by atoms with Gasteiger partial charge in [0.25, 0.3) is 5.69 Å². The molecule has 0 aliphatic heterocycles. The Kier molecular flexibility index (Phi) is 5.20. The van der Waals surface area contributed by atoms with Gasteiger partial charge in [0.05, 0.1) is 11.2 Å². The van der Waals surface area contributed by atoms with Gasteiger partial charge in [-0.2, -0.15) is 0 Å². The van der Waals surface area contributed by atoms with Crippen molar-refractivity contribution in [1.82, 2.24) is 0 Å². The summed E-state index contributed by atoms with van der Waals surface area (Å²) < 4.78 is 5.25. The van der Waals surface area contributed by atoms with Crippen LogP contribution >= 0.6 is 0 Å². The second-order valence-electron chi connectivity index (χ2n) is 4.71. The Labute approximate surface area is 123 Å². The molecule has 0 saturated heterocycles. The number of nitrogens with zero attached hydrogens (tertiary/aromatic N) is 1. The molecule has 1 heterocycles. The quantitative estimate of drug-likeness (QED) is 0.572. The molecule has 2 aromatic rings. The van der Waals surface area contributed by atoms with Crippen LogP contribution in [-0.4, -0.2) is 18.0 Å². The smallest absolute Gasteiger partial charge is 0.273 e. The fraction of sp³-hybridized carbons (Fsp3) is 0.333. The Morgan fingerprint density at radius 1 is 1.19 bits per heavy atom. The summed E-state index contributed by atoms with van der Waals surface area (Å²) in [5, 5.41) is 17.3. The van der Waals surface area contributed by atoms with E-state index in [9.17, 15) is 10.1 Å². The Bertz CT molecular complexity index is 582. The molecule has 1 aromatic carbocycles. The van der Waals surface area contributed by atoms with Crippen molar-refractivity contribution in [3.63, 3.8) is 0 Å². The van der Waals surface area contributed by atoms with Crippen LogP contribution in [0, 0.1) is 10.1 Å². The molecule has 0 saturated carbocycles. The van der Waals surface area contributed by atoms with Crippen LogP contribution in [0.3, 0.4) is 0 Å². The largest absolute Gasteiger partial charge is 0.469 e. The van der Waals surface area contributed by atoms with Crippen molar-refractivity contribution < 1.29 is 9.34 Å². The van der Waals surface area contributed by atoms with Gasteiger partial charge < -0.3 is 15.1 Å². The van der Waals surface area contributed by atoms with Crippen LogP contribution in [-0.2, 0) is 6.42 Å². The van der Waals surface area contributed by atoms with E-state index >= 15 is 0 Å². The molecule has 1 aromatic heterocycles. The lowest BCUT2D eigenvalue weighted by Crippen LogP contribution is -2.06. The lowest BCUT2D eigenvalue weighted by Gasteiger charge is -2.09. The summed E-state index contributed by atoms with van der Waals surface area (Å²) >= 11 is 0. The van der Waals surface area contributed by atoms with Gasteiger partial charge in [0, 0.05) is 43.0 Å². The SMILES string of the molecule is CCCNc1cc(NCCc2ccco2)cc([N+](=O)[O-])c1. The number of nitro groups is 1. The first-order valence-electron chi connectivity index (χ1n) is 6.98. The fourth-order valence-corrected chi connectivity index (χ4v) is 1.97. The van der Waals surface area contributed by atoms with Crippen molar-refractivity contribution in [3.8, 4) is 0 Å². The van der Waals surface area contributed by atoms with E-state index < -0.39 is 0 Å². The lowest BCUT2D eigenvalue weighted by molar-refractivity contribution is -0.384. The minimum Gasteiger partial charge on any atom is -0.469 e. The normalized spacial score (nSPS) is 10.3. The molecule has 112 valence electrons. The van der Waals surface area contributed by atoms with E-state index in [-0.39, 0.29) is 10.6 Å². The zero-order chi connectivity index (χ0) is 15.1. The number of hydrogen-bond acceptors (Lipinski definition) is 5. The highest BCUT2D eigenvalue weighted by atomic mass is 16.6. The maximum absolute atomic E-state index is 11.0. The third kappa shape index (κ3) is 4.52. The van der Waals surface area contributed by atoms with Gasteiger partial charge in [-0.25, -0.2) is 0 Å². The third-order valence-electron chi connectivity index (χ3n) is 2.99. The van der Waals surface area contributed by atoms with Crippen LogP contribution in [0.15, 0.2) is 41.0 Å². The number of furan rings is 1. The van der Waals surface area contributed by atoms with Crippen LogP contribution in [0.5, 0.6) is 0 Å². The average Bonchev–Trinajstić information content (AvgIpc) is 2.98. The van der Waals surface area contributed by atoms with Crippen molar-refractivity contribution in [2.75, 3.05) is 23.7 Å². The van der Waals surface area contributed by atoms with Crippen LogP contribution in [0.4, 0.5) is 17.1 Å². The van der Waals surface area contributed by atoms with E-state index in [1.54, 1.807) is 18.4 Å². The van der Waals surface area contributed by atoms with Crippen molar-refractivity contribution in [1.29, 1.82) is 0 Å². The Morgan fingerprint density at radius 2 is 1.90 bits per heavy atom. The summed E-state index contributed by atoms with van der Waals surface area (Å²) in [4.78, 5) is 10.6. The fourth-order valence-electron chi connectivity index (χ4n) is 1.97. The van der Waals surface area contributed by atoms with Crippen LogP contribution < -0.4 is 10.6 Å². The van der Waals surface area contributed by atoms with Crippen molar-refractivity contribution in [3.05, 3.63) is 52.5 Å². The molecule has 0 aliphatic carbocycles. The predicted octanol–water partition coefficient (Wildman–Crippen LogP) is 3.66. The minimum absolute atomic E-state index is 0.0802.